The Morgan fingerprint density at radius 3 is 2.43 bits per heavy atom. The summed E-state index contributed by atoms with van der Waals surface area (Å²) in [6.45, 7) is 12.0. The predicted octanol–water partition coefficient (Wildman–Crippen LogP) is 2.82. The Morgan fingerprint density at radius 2 is 1.79 bits per heavy atom. The summed E-state index contributed by atoms with van der Waals surface area (Å²) in [5, 5.41) is 6.76. The molecule has 28 heavy (non-hydrogen) atoms. The van der Waals surface area contributed by atoms with Gasteiger partial charge >= 0.3 is 0 Å². The smallest absolute Gasteiger partial charge is 0.190 e. The Balaban J connectivity index is 1.52. The fraction of sp³-hybridized carbons (Fsp3) is 0.682. The van der Waals surface area contributed by atoms with E-state index in [0.717, 1.165) is 58.1 Å². The number of benzene rings is 1. The lowest BCUT2D eigenvalue weighted by molar-refractivity contribution is -0.0679. The molecule has 0 bridgehead atoms. The van der Waals surface area contributed by atoms with E-state index in [9.17, 15) is 0 Å². The molecule has 1 aromatic carbocycles. The second-order valence-electron chi connectivity index (χ2n) is 7.57. The molecule has 0 radical (unpaired) electrons. The van der Waals surface area contributed by atoms with E-state index in [1.165, 1.54) is 5.56 Å². The second-order valence-corrected chi connectivity index (χ2v) is 7.57. The van der Waals surface area contributed by atoms with Crippen LogP contribution in [-0.4, -0.2) is 69.4 Å². The quantitative estimate of drug-likeness (QED) is 0.365. The fourth-order valence-corrected chi connectivity index (χ4v) is 3.56. The topological polar surface area (TPSA) is 58.1 Å². The molecule has 6 heteroatoms. The largest absolute Gasteiger partial charge is 0.374 e. The van der Waals surface area contributed by atoms with Crippen LogP contribution in [0.1, 0.15) is 45.3 Å². The van der Waals surface area contributed by atoms with Crippen LogP contribution in [0, 0.1) is 0 Å². The van der Waals surface area contributed by atoms with Crippen LogP contribution in [-0.2, 0) is 9.47 Å². The number of guanidine groups is 1. The van der Waals surface area contributed by atoms with Crippen molar-refractivity contribution >= 4 is 5.96 Å². The molecule has 0 saturated carbocycles. The van der Waals surface area contributed by atoms with Gasteiger partial charge < -0.3 is 20.1 Å². The van der Waals surface area contributed by atoms with E-state index in [-0.39, 0.29) is 6.10 Å². The highest BCUT2D eigenvalue weighted by Gasteiger charge is 2.21. The maximum Gasteiger partial charge on any atom is 0.190 e. The van der Waals surface area contributed by atoms with Crippen LogP contribution in [0.4, 0.5) is 0 Å². The average molecular weight is 391 g/mol. The summed E-state index contributed by atoms with van der Waals surface area (Å²) in [6, 6.07) is 10.3. The van der Waals surface area contributed by atoms with Gasteiger partial charge in [0.25, 0.3) is 0 Å². The van der Waals surface area contributed by atoms with Crippen molar-refractivity contribution < 1.29 is 9.47 Å². The van der Waals surface area contributed by atoms with Crippen molar-refractivity contribution in [2.45, 2.75) is 51.9 Å². The van der Waals surface area contributed by atoms with Gasteiger partial charge in [0, 0.05) is 46.4 Å². The molecule has 0 amide bonds. The maximum absolute atomic E-state index is 5.91. The standard InChI is InChI=1S/C22H38N4O2/c1-18-16-26(17-19(2)28-18)14-8-12-24-22(23-4)25-13-9-15-27-20(3)21-10-6-5-7-11-21/h5-7,10-11,18-20H,8-9,12-17H2,1-4H3,(H2,23,24,25). The average Bonchev–Trinajstić information content (AvgIpc) is 2.69. The number of nitrogens with zero attached hydrogens (tertiary/aromatic N) is 2. The zero-order chi connectivity index (χ0) is 20.2. The lowest BCUT2D eigenvalue weighted by atomic mass is 10.1. The van der Waals surface area contributed by atoms with E-state index >= 15 is 0 Å². The highest BCUT2D eigenvalue weighted by atomic mass is 16.5. The Morgan fingerprint density at radius 1 is 1.14 bits per heavy atom. The number of morpholine rings is 1. The summed E-state index contributed by atoms with van der Waals surface area (Å²) in [7, 11) is 1.81. The lowest BCUT2D eigenvalue weighted by Gasteiger charge is -2.35. The molecular weight excluding hydrogens is 352 g/mol. The molecule has 1 aliphatic rings. The molecule has 3 unspecified atom stereocenters. The Kier molecular flexibility index (Phi) is 10.3. The normalized spacial score (nSPS) is 22.1. The number of hydrogen-bond acceptors (Lipinski definition) is 4. The van der Waals surface area contributed by atoms with Gasteiger partial charge in [0.1, 0.15) is 0 Å². The minimum Gasteiger partial charge on any atom is -0.374 e. The highest BCUT2D eigenvalue weighted by molar-refractivity contribution is 5.79. The van der Waals surface area contributed by atoms with E-state index < -0.39 is 0 Å². The first-order valence-corrected chi connectivity index (χ1v) is 10.6. The van der Waals surface area contributed by atoms with Gasteiger partial charge in [-0.25, -0.2) is 0 Å². The second kappa shape index (κ2) is 12.8. The van der Waals surface area contributed by atoms with E-state index in [4.69, 9.17) is 9.47 Å². The zero-order valence-electron chi connectivity index (χ0n) is 18.0. The van der Waals surface area contributed by atoms with Crippen LogP contribution >= 0.6 is 0 Å². The summed E-state index contributed by atoms with van der Waals surface area (Å²) in [6.07, 6.45) is 2.83. The lowest BCUT2D eigenvalue weighted by Crippen LogP contribution is -2.46. The monoisotopic (exact) mass is 390 g/mol. The van der Waals surface area contributed by atoms with Crippen LogP contribution in [0.25, 0.3) is 0 Å². The molecule has 1 aliphatic heterocycles. The third-order valence-electron chi connectivity index (χ3n) is 4.91. The molecule has 1 fully saturated rings. The molecule has 1 saturated heterocycles. The Labute approximate surface area is 170 Å². The molecule has 0 aliphatic carbocycles. The summed E-state index contributed by atoms with van der Waals surface area (Å²) >= 11 is 0. The van der Waals surface area contributed by atoms with Crippen molar-refractivity contribution in [2.24, 2.45) is 4.99 Å². The molecule has 6 nitrogen and oxygen atoms in total. The van der Waals surface area contributed by atoms with Gasteiger partial charge in [0.15, 0.2) is 5.96 Å². The van der Waals surface area contributed by atoms with Gasteiger partial charge in [-0.1, -0.05) is 30.3 Å². The molecule has 0 spiro atoms. The first-order chi connectivity index (χ1) is 13.6. The number of aliphatic imine (C=N–C) groups is 1. The number of rotatable bonds is 10. The molecular formula is C22H38N4O2. The summed E-state index contributed by atoms with van der Waals surface area (Å²) in [5.41, 5.74) is 1.22. The molecule has 158 valence electrons. The Bertz CT molecular complexity index is 557. The SMILES string of the molecule is CN=C(NCCCOC(C)c1ccccc1)NCCCN1CC(C)OC(C)C1. The van der Waals surface area contributed by atoms with Crippen molar-refractivity contribution in [3.63, 3.8) is 0 Å². The molecule has 2 N–H and O–H groups in total. The van der Waals surface area contributed by atoms with Crippen LogP contribution in [0.3, 0.4) is 0 Å². The van der Waals surface area contributed by atoms with E-state index in [1.807, 2.05) is 25.2 Å². The van der Waals surface area contributed by atoms with Crippen molar-refractivity contribution in [3.05, 3.63) is 35.9 Å². The van der Waals surface area contributed by atoms with Gasteiger partial charge in [-0.05, 0) is 39.2 Å². The molecule has 1 heterocycles. The maximum atomic E-state index is 5.91. The molecule has 3 atom stereocenters. The molecule has 2 rings (SSSR count). The Hall–Kier alpha value is -1.63. The summed E-state index contributed by atoms with van der Waals surface area (Å²) < 4.78 is 11.7. The van der Waals surface area contributed by atoms with Crippen molar-refractivity contribution in [3.8, 4) is 0 Å². The zero-order valence-corrected chi connectivity index (χ0v) is 18.0. The van der Waals surface area contributed by atoms with Gasteiger partial charge in [0.2, 0.25) is 0 Å². The molecule has 0 aromatic heterocycles. The first kappa shape index (κ1) is 22.7. The highest BCUT2D eigenvalue weighted by Crippen LogP contribution is 2.15. The van der Waals surface area contributed by atoms with Crippen molar-refractivity contribution in [2.75, 3.05) is 46.4 Å². The number of ether oxygens (including phenoxy) is 2. The first-order valence-electron chi connectivity index (χ1n) is 10.6. The van der Waals surface area contributed by atoms with E-state index in [0.29, 0.717) is 12.2 Å². The number of nitrogens with one attached hydrogen (secondary N) is 2. The number of hydrogen-bond donors (Lipinski definition) is 2. The summed E-state index contributed by atoms with van der Waals surface area (Å²) in [5.74, 6) is 0.861. The minimum atomic E-state index is 0.129. The van der Waals surface area contributed by atoms with Crippen molar-refractivity contribution in [1.82, 2.24) is 15.5 Å². The van der Waals surface area contributed by atoms with Crippen LogP contribution in [0.15, 0.2) is 35.3 Å². The molecule has 1 aromatic rings. The van der Waals surface area contributed by atoms with Gasteiger partial charge in [-0.15, -0.1) is 0 Å². The fourth-order valence-electron chi connectivity index (χ4n) is 3.56. The van der Waals surface area contributed by atoms with Gasteiger partial charge in [-0.3, -0.25) is 9.89 Å². The van der Waals surface area contributed by atoms with E-state index in [1.54, 1.807) is 0 Å². The third kappa shape index (κ3) is 8.59. The van der Waals surface area contributed by atoms with Gasteiger partial charge in [-0.2, -0.15) is 0 Å². The van der Waals surface area contributed by atoms with Gasteiger partial charge in [0.05, 0.1) is 18.3 Å². The van der Waals surface area contributed by atoms with Crippen LogP contribution in [0.5, 0.6) is 0 Å². The van der Waals surface area contributed by atoms with Crippen molar-refractivity contribution in [1.29, 1.82) is 0 Å². The van der Waals surface area contributed by atoms with Crippen LogP contribution in [0.2, 0.25) is 0 Å². The van der Waals surface area contributed by atoms with E-state index in [2.05, 4.69) is 53.4 Å². The summed E-state index contributed by atoms with van der Waals surface area (Å²) in [4.78, 5) is 6.78. The third-order valence-corrected chi connectivity index (χ3v) is 4.91. The predicted molar refractivity (Wildman–Crippen MR) is 116 cm³/mol. The minimum absolute atomic E-state index is 0.129. The van der Waals surface area contributed by atoms with Crippen LogP contribution < -0.4 is 10.6 Å².